The number of hydrogen-bond donors (Lipinski definition) is 0. The van der Waals surface area contributed by atoms with Gasteiger partial charge in [-0.05, 0) is 30.2 Å². The number of methoxy groups -OCH3 is 1. The van der Waals surface area contributed by atoms with Crippen LogP contribution in [0.5, 0.6) is 11.5 Å². The van der Waals surface area contributed by atoms with Crippen molar-refractivity contribution in [3.8, 4) is 11.5 Å². The number of carbonyl (C=O) groups excluding carboxylic acids is 1. The third-order valence-electron chi connectivity index (χ3n) is 4.77. The number of para-hydroxylation sites is 2. The zero-order valence-corrected chi connectivity index (χ0v) is 17.1. The van der Waals surface area contributed by atoms with Crippen LogP contribution >= 0.6 is 11.6 Å². The summed E-state index contributed by atoms with van der Waals surface area (Å²) in [5.74, 6) is 0.631. The number of rotatable bonds is 5. The van der Waals surface area contributed by atoms with Gasteiger partial charge in [0.1, 0.15) is 0 Å². The largest absolute Gasteiger partial charge is 0.493 e. The van der Waals surface area contributed by atoms with Crippen LogP contribution in [0.2, 0.25) is 5.02 Å². The van der Waals surface area contributed by atoms with Gasteiger partial charge in [-0.3, -0.25) is 4.79 Å². The van der Waals surface area contributed by atoms with E-state index in [2.05, 4.69) is 0 Å². The minimum atomic E-state index is -3.42. The van der Waals surface area contributed by atoms with Crippen LogP contribution in [0.25, 0.3) is 0 Å². The molecule has 2 aromatic rings. The summed E-state index contributed by atoms with van der Waals surface area (Å²) < 4.78 is 36.3. The van der Waals surface area contributed by atoms with Crippen LogP contribution in [0.3, 0.4) is 0 Å². The smallest absolute Gasteiger partial charge is 0.260 e. The van der Waals surface area contributed by atoms with E-state index in [1.54, 1.807) is 42.5 Å². The first-order chi connectivity index (χ1) is 13.4. The predicted molar refractivity (Wildman–Crippen MR) is 108 cm³/mol. The Morgan fingerprint density at radius 2 is 1.79 bits per heavy atom. The molecule has 0 aliphatic carbocycles. The van der Waals surface area contributed by atoms with Crippen LogP contribution in [-0.4, -0.2) is 51.8 Å². The second-order valence-corrected chi connectivity index (χ2v) is 9.20. The molecule has 1 amide bonds. The lowest BCUT2D eigenvalue weighted by molar-refractivity contribution is -0.133. The highest BCUT2D eigenvalue weighted by atomic mass is 35.5. The van der Waals surface area contributed by atoms with E-state index in [1.807, 2.05) is 6.07 Å². The number of amides is 1. The van der Waals surface area contributed by atoms with Gasteiger partial charge in [-0.1, -0.05) is 41.9 Å². The van der Waals surface area contributed by atoms with Gasteiger partial charge < -0.3 is 14.4 Å². The normalized spacial score (nSPS) is 18.9. The van der Waals surface area contributed by atoms with Crippen molar-refractivity contribution < 1.29 is 22.7 Å². The molecule has 0 spiro atoms. The third-order valence-corrected chi connectivity index (χ3v) is 7.22. The number of halogens is 1. The summed E-state index contributed by atoms with van der Waals surface area (Å²) in [7, 11) is -1.89. The molecule has 3 rings (SSSR count). The van der Waals surface area contributed by atoms with E-state index in [-0.39, 0.29) is 24.8 Å². The molecule has 0 N–H and O–H groups in total. The Hall–Kier alpha value is -2.25. The molecule has 1 fully saturated rings. The molecule has 2 aromatic carbocycles. The van der Waals surface area contributed by atoms with Gasteiger partial charge in [-0.15, -0.1) is 0 Å². The summed E-state index contributed by atoms with van der Waals surface area (Å²) in [6, 6.07) is 14.0. The Kier molecular flexibility index (Phi) is 6.46. The van der Waals surface area contributed by atoms with Gasteiger partial charge in [0.15, 0.2) is 27.9 Å². The van der Waals surface area contributed by atoms with E-state index < -0.39 is 15.1 Å². The van der Waals surface area contributed by atoms with Crippen LogP contribution in [-0.2, 0) is 14.6 Å². The van der Waals surface area contributed by atoms with E-state index in [1.165, 1.54) is 12.0 Å². The van der Waals surface area contributed by atoms with Crippen molar-refractivity contribution in [2.45, 2.75) is 11.7 Å². The maximum absolute atomic E-state index is 12.7. The van der Waals surface area contributed by atoms with Crippen LogP contribution in [0, 0.1) is 0 Å². The van der Waals surface area contributed by atoms with Gasteiger partial charge >= 0.3 is 0 Å². The first-order valence-electron chi connectivity index (χ1n) is 8.92. The summed E-state index contributed by atoms with van der Waals surface area (Å²) in [4.78, 5) is 14.1. The summed E-state index contributed by atoms with van der Waals surface area (Å²) >= 11 is 6.21. The second-order valence-electron chi connectivity index (χ2n) is 6.49. The molecule has 0 bridgehead atoms. The molecule has 0 radical (unpaired) electrons. The highest BCUT2D eigenvalue weighted by molar-refractivity contribution is 7.91. The van der Waals surface area contributed by atoms with Gasteiger partial charge in [0, 0.05) is 18.1 Å². The molecule has 1 aliphatic heterocycles. The lowest BCUT2D eigenvalue weighted by Gasteiger charge is -2.20. The summed E-state index contributed by atoms with van der Waals surface area (Å²) in [5, 5.41) is -0.288. The minimum absolute atomic E-state index is 0.108. The number of nitrogens with zero attached hydrogens (tertiary/aromatic N) is 1. The van der Waals surface area contributed by atoms with Crippen molar-refractivity contribution >= 4 is 27.3 Å². The molecule has 28 heavy (non-hydrogen) atoms. The molecule has 1 aliphatic rings. The standard InChI is InChI=1S/C20H22ClNO5S/c1-26-17-8-4-5-9-18(17)27-14-20(23)22-11-10-19(28(24,25)13-12-22)15-6-2-3-7-16(15)21/h2-9,19H,10-14H2,1H3. The number of ether oxygens (including phenoxy) is 2. The fourth-order valence-electron chi connectivity index (χ4n) is 3.25. The number of carbonyl (C=O) groups is 1. The van der Waals surface area contributed by atoms with E-state index in [9.17, 15) is 13.2 Å². The molecule has 1 unspecified atom stereocenters. The first kappa shape index (κ1) is 20.5. The van der Waals surface area contributed by atoms with Gasteiger partial charge in [0.25, 0.3) is 5.91 Å². The van der Waals surface area contributed by atoms with Crippen molar-refractivity contribution in [1.29, 1.82) is 0 Å². The van der Waals surface area contributed by atoms with Crippen LogP contribution in [0.15, 0.2) is 48.5 Å². The SMILES string of the molecule is COc1ccccc1OCC(=O)N1CCC(c2ccccc2Cl)S(=O)(=O)CC1. The summed E-state index contributed by atoms with van der Waals surface area (Å²) in [6.07, 6.45) is 0.298. The first-order valence-corrected chi connectivity index (χ1v) is 11.0. The maximum atomic E-state index is 12.7. The molecule has 0 saturated carbocycles. The average molecular weight is 424 g/mol. The van der Waals surface area contributed by atoms with Gasteiger partial charge in [0.05, 0.1) is 18.1 Å². The predicted octanol–water partition coefficient (Wildman–Crippen LogP) is 3.12. The summed E-state index contributed by atoms with van der Waals surface area (Å²) in [5.41, 5.74) is 0.587. The van der Waals surface area contributed by atoms with E-state index in [0.717, 1.165) is 0 Å². The fourth-order valence-corrected chi connectivity index (χ4v) is 5.40. The minimum Gasteiger partial charge on any atom is -0.493 e. The highest BCUT2D eigenvalue weighted by Gasteiger charge is 2.33. The van der Waals surface area contributed by atoms with Crippen LogP contribution in [0.4, 0.5) is 0 Å². The van der Waals surface area contributed by atoms with Crippen LogP contribution in [0.1, 0.15) is 17.2 Å². The van der Waals surface area contributed by atoms with E-state index >= 15 is 0 Å². The maximum Gasteiger partial charge on any atom is 0.260 e. The molecule has 1 atom stereocenters. The third kappa shape index (κ3) is 4.59. The molecular formula is C20H22ClNO5S. The average Bonchev–Trinajstić information content (AvgIpc) is 2.85. The summed E-state index contributed by atoms with van der Waals surface area (Å²) in [6.45, 7) is 0.276. The Morgan fingerprint density at radius 3 is 2.50 bits per heavy atom. The van der Waals surface area contributed by atoms with Crippen molar-refractivity contribution in [3.63, 3.8) is 0 Å². The highest BCUT2D eigenvalue weighted by Crippen LogP contribution is 2.34. The molecule has 150 valence electrons. The Morgan fingerprint density at radius 1 is 1.11 bits per heavy atom. The zero-order chi connectivity index (χ0) is 20.1. The van der Waals surface area contributed by atoms with E-state index in [0.29, 0.717) is 35.1 Å². The molecular weight excluding hydrogens is 402 g/mol. The van der Waals surface area contributed by atoms with Gasteiger partial charge in [0.2, 0.25) is 0 Å². The Labute approximate surface area is 169 Å². The lowest BCUT2D eigenvalue weighted by Crippen LogP contribution is -2.37. The number of hydrogen-bond acceptors (Lipinski definition) is 5. The lowest BCUT2D eigenvalue weighted by atomic mass is 10.1. The van der Waals surface area contributed by atoms with Crippen molar-refractivity contribution in [2.75, 3.05) is 32.6 Å². The zero-order valence-electron chi connectivity index (χ0n) is 15.5. The van der Waals surface area contributed by atoms with Crippen molar-refractivity contribution in [2.24, 2.45) is 0 Å². The Bertz CT molecular complexity index is 947. The van der Waals surface area contributed by atoms with Crippen molar-refractivity contribution in [1.82, 2.24) is 4.90 Å². The molecule has 8 heteroatoms. The molecule has 1 heterocycles. The molecule has 1 saturated heterocycles. The van der Waals surface area contributed by atoms with Gasteiger partial charge in [-0.2, -0.15) is 0 Å². The van der Waals surface area contributed by atoms with Crippen LogP contribution < -0.4 is 9.47 Å². The molecule has 6 nitrogen and oxygen atoms in total. The monoisotopic (exact) mass is 423 g/mol. The van der Waals surface area contributed by atoms with Crippen molar-refractivity contribution in [3.05, 3.63) is 59.1 Å². The topological polar surface area (TPSA) is 72.9 Å². The quantitative estimate of drug-likeness (QED) is 0.738. The van der Waals surface area contributed by atoms with Gasteiger partial charge in [-0.25, -0.2) is 8.42 Å². The Balaban J connectivity index is 1.68. The van der Waals surface area contributed by atoms with E-state index in [4.69, 9.17) is 21.1 Å². The number of benzene rings is 2. The number of sulfone groups is 1. The fraction of sp³-hybridized carbons (Fsp3) is 0.350. The molecule has 0 aromatic heterocycles. The second kappa shape index (κ2) is 8.84.